The summed E-state index contributed by atoms with van der Waals surface area (Å²) in [6.07, 6.45) is -4.71. The summed E-state index contributed by atoms with van der Waals surface area (Å²) in [7, 11) is 0. The molecule has 2 unspecified atom stereocenters. The normalized spacial score (nSPS) is 17.5. The molecule has 6 nitrogen and oxygen atoms in total. The molecule has 2 atom stereocenters. The number of carbonyl (C=O) groups is 1. The van der Waals surface area contributed by atoms with E-state index in [4.69, 9.17) is 9.47 Å². The van der Waals surface area contributed by atoms with Crippen molar-refractivity contribution in [3.8, 4) is 11.5 Å². The third-order valence-electron chi connectivity index (χ3n) is 3.66. The molecule has 9 heteroatoms. The fourth-order valence-electron chi connectivity index (χ4n) is 2.45. The standard InChI is InChI=1S/C17H23F3N2O4/c1-3-22(16(23)21-12(2)9-24-11-17(18,19)20)8-13-10-25-14-6-4-5-7-15(14)26-13/h4-7,12-13H,3,8-11H2,1-2H3,(H,21,23). The molecule has 0 aromatic heterocycles. The monoisotopic (exact) mass is 376 g/mol. The molecule has 2 amide bonds. The highest BCUT2D eigenvalue weighted by molar-refractivity contribution is 5.74. The summed E-state index contributed by atoms with van der Waals surface area (Å²) < 4.78 is 52.2. The van der Waals surface area contributed by atoms with Crippen LogP contribution in [0.4, 0.5) is 18.0 Å². The van der Waals surface area contributed by atoms with Crippen LogP contribution in [0.15, 0.2) is 24.3 Å². The second-order valence-corrected chi connectivity index (χ2v) is 6.02. The smallest absolute Gasteiger partial charge is 0.411 e. The average Bonchev–Trinajstić information content (AvgIpc) is 2.58. The number of hydrogen-bond acceptors (Lipinski definition) is 4. The van der Waals surface area contributed by atoms with Crippen LogP contribution < -0.4 is 14.8 Å². The number of hydrogen-bond donors (Lipinski definition) is 1. The minimum absolute atomic E-state index is 0.223. The van der Waals surface area contributed by atoms with Crippen molar-refractivity contribution in [2.45, 2.75) is 32.2 Å². The maximum absolute atomic E-state index is 12.3. The van der Waals surface area contributed by atoms with Gasteiger partial charge < -0.3 is 24.4 Å². The lowest BCUT2D eigenvalue weighted by atomic mass is 10.2. The van der Waals surface area contributed by atoms with E-state index < -0.39 is 24.9 Å². The van der Waals surface area contributed by atoms with Gasteiger partial charge in [-0.3, -0.25) is 0 Å². The fraction of sp³-hybridized carbons (Fsp3) is 0.588. The molecule has 26 heavy (non-hydrogen) atoms. The number of urea groups is 1. The van der Waals surface area contributed by atoms with Crippen molar-refractivity contribution in [1.29, 1.82) is 0 Å². The Hall–Kier alpha value is -2.16. The van der Waals surface area contributed by atoms with E-state index in [1.165, 1.54) is 4.90 Å². The van der Waals surface area contributed by atoms with Gasteiger partial charge in [-0.15, -0.1) is 0 Å². The lowest BCUT2D eigenvalue weighted by Crippen LogP contribution is -2.50. The Balaban J connectivity index is 1.79. The minimum atomic E-state index is -4.38. The van der Waals surface area contributed by atoms with Crippen molar-refractivity contribution in [1.82, 2.24) is 10.2 Å². The maximum atomic E-state index is 12.3. The highest BCUT2D eigenvalue weighted by atomic mass is 19.4. The molecule has 0 aliphatic carbocycles. The number of ether oxygens (including phenoxy) is 3. The summed E-state index contributed by atoms with van der Waals surface area (Å²) >= 11 is 0. The number of benzene rings is 1. The number of nitrogens with zero attached hydrogens (tertiary/aromatic N) is 1. The molecule has 0 spiro atoms. The Bertz CT molecular complexity index is 598. The third-order valence-corrected chi connectivity index (χ3v) is 3.66. The second-order valence-electron chi connectivity index (χ2n) is 6.02. The first-order chi connectivity index (χ1) is 12.3. The molecule has 1 aromatic rings. The van der Waals surface area contributed by atoms with Crippen LogP contribution in [0.1, 0.15) is 13.8 Å². The number of alkyl halides is 3. The predicted octanol–water partition coefficient (Wildman–Crippen LogP) is 2.83. The number of likely N-dealkylation sites (N-methyl/N-ethyl adjacent to an activating group) is 1. The third kappa shape index (κ3) is 6.29. The number of amides is 2. The topological polar surface area (TPSA) is 60.0 Å². The molecule has 0 saturated heterocycles. The lowest BCUT2D eigenvalue weighted by molar-refractivity contribution is -0.174. The molecule has 0 saturated carbocycles. The van der Waals surface area contributed by atoms with E-state index in [0.29, 0.717) is 31.2 Å². The summed E-state index contributed by atoms with van der Waals surface area (Å²) in [5, 5.41) is 2.62. The van der Waals surface area contributed by atoms with Crippen LogP contribution in [0.5, 0.6) is 11.5 Å². The Labute approximate surface area is 150 Å². The van der Waals surface area contributed by atoms with Gasteiger partial charge in [-0.1, -0.05) is 12.1 Å². The molecule has 2 rings (SSSR count). The zero-order chi connectivity index (χ0) is 19.2. The van der Waals surface area contributed by atoms with Crippen molar-refractivity contribution >= 4 is 6.03 Å². The van der Waals surface area contributed by atoms with Crippen molar-refractivity contribution < 1.29 is 32.2 Å². The van der Waals surface area contributed by atoms with E-state index in [-0.39, 0.29) is 12.7 Å². The second kappa shape index (κ2) is 8.98. The average molecular weight is 376 g/mol. The lowest BCUT2D eigenvalue weighted by Gasteiger charge is -2.31. The first-order valence-electron chi connectivity index (χ1n) is 8.37. The highest BCUT2D eigenvalue weighted by Crippen LogP contribution is 2.31. The molecule has 1 aliphatic rings. The highest BCUT2D eigenvalue weighted by Gasteiger charge is 2.28. The fourth-order valence-corrected chi connectivity index (χ4v) is 2.45. The van der Waals surface area contributed by atoms with E-state index in [1.807, 2.05) is 19.1 Å². The Kier molecular flexibility index (Phi) is 6.96. The number of halogens is 3. The molecular formula is C17H23F3N2O4. The quantitative estimate of drug-likeness (QED) is 0.795. The molecule has 146 valence electrons. The van der Waals surface area contributed by atoms with Gasteiger partial charge in [-0.05, 0) is 26.0 Å². The van der Waals surface area contributed by atoms with Crippen LogP contribution in [0, 0.1) is 0 Å². The summed E-state index contributed by atoms with van der Waals surface area (Å²) in [5.41, 5.74) is 0. The minimum Gasteiger partial charge on any atom is -0.486 e. The van der Waals surface area contributed by atoms with Gasteiger partial charge in [0.25, 0.3) is 0 Å². The van der Waals surface area contributed by atoms with Crippen molar-refractivity contribution in [2.75, 3.05) is 32.9 Å². The predicted molar refractivity (Wildman–Crippen MR) is 88.5 cm³/mol. The zero-order valence-corrected chi connectivity index (χ0v) is 14.7. The molecule has 1 aliphatic heterocycles. The summed E-state index contributed by atoms with van der Waals surface area (Å²) in [6, 6.07) is 6.32. The Morgan fingerprint density at radius 3 is 2.73 bits per heavy atom. The Morgan fingerprint density at radius 1 is 1.38 bits per heavy atom. The molecule has 0 radical (unpaired) electrons. The maximum Gasteiger partial charge on any atom is 0.411 e. The number of rotatable bonds is 7. The van der Waals surface area contributed by atoms with E-state index in [1.54, 1.807) is 19.1 Å². The van der Waals surface area contributed by atoms with Crippen LogP contribution in [0.3, 0.4) is 0 Å². The van der Waals surface area contributed by atoms with Gasteiger partial charge in [-0.2, -0.15) is 13.2 Å². The number of carbonyl (C=O) groups excluding carboxylic acids is 1. The van der Waals surface area contributed by atoms with Gasteiger partial charge in [0.2, 0.25) is 0 Å². The molecule has 0 bridgehead atoms. The van der Waals surface area contributed by atoms with Crippen LogP contribution >= 0.6 is 0 Å². The molecule has 1 aromatic carbocycles. The molecular weight excluding hydrogens is 353 g/mol. The first-order valence-corrected chi connectivity index (χ1v) is 8.37. The van der Waals surface area contributed by atoms with E-state index >= 15 is 0 Å². The largest absolute Gasteiger partial charge is 0.486 e. The summed E-state index contributed by atoms with van der Waals surface area (Å²) in [6.45, 7) is 2.86. The van der Waals surface area contributed by atoms with E-state index in [0.717, 1.165) is 0 Å². The number of para-hydroxylation sites is 2. The summed E-state index contributed by atoms with van der Waals surface area (Å²) in [5.74, 6) is 1.28. The van der Waals surface area contributed by atoms with E-state index in [9.17, 15) is 18.0 Å². The van der Waals surface area contributed by atoms with Crippen molar-refractivity contribution in [3.05, 3.63) is 24.3 Å². The molecule has 1 N–H and O–H groups in total. The molecule has 0 fully saturated rings. The zero-order valence-electron chi connectivity index (χ0n) is 14.7. The number of nitrogens with one attached hydrogen (secondary N) is 1. The van der Waals surface area contributed by atoms with Crippen LogP contribution in [0.2, 0.25) is 0 Å². The van der Waals surface area contributed by atoms with Gasteiger partial charge in [0.05, 0.1) is 19.2 Å². The van der Waals surface area contributed by atoms with E-state index in [2.05, 4.69) is 10.1 Å². The van der Waals surface area contributed by atoms with Crippen LogP contribution in [0.25, 0.3) is 0 Å². The van der Waals surface area contributed by atoms with Gasteiger partial charge in [-0.25, -0.2) is 4.79 Å². The number of fused-ring (bicyclic) bond motifs is 1. The van der Waals surface area contributed by atoms with Crippen molar-refractivity contribution in [2.24, 2.45) is 0 Å². The van der Waals surface area contributed by atoms with Gasteiger partial charge >= 0.3 is 12.2 Å². The summed E-state index contributed by atoms with van der Waals surface area (Å²) in [4.78, 5) is 13.8. The van der Waals surface area contributed by atoms with Crippen LogP contribution in [-0.4, -0.2) is 62.2 Å². The van der Waals surface area contributed by atoms with Crippen LogP contribution in [-0.2, 0) is 4.74 Å². The van der Waals surface area contributed by atoms with Gasteiger partial charge in [0.15, 0.2) is 17.6 Å². The van der Waals surface area contributed by atoms with Crippen molar-refractivity contribution in [3.63, 3.8) is 0 Å². The van der Waals surface area contributed by atoms with Gasteiger partial charge in [0, 0.05) is 6.54 Å². The Morgan fingerprint density at radius 2 is 2.08 bits per heavy atom. The first kappa shape index (κ1) is 20.2. The molecule has 1 heterocycles. The SMILES string of the molecule is CCN(CC1COc2ccccc2O1)C(=O)NC(C)COCC(F)(F)F. The van der Waals surface area contributed by atoms with Gasteiger partial charge in [0.1, 0.15) is 13.2 Å².